The number of thioether (sulfide) groups is 1. The zero-order valence-corrected chi connectivity index (χ0v) is 27.1. The predicted octanol–water partition coefficient (Wildman–Crippen LogP) is 1.44. The van der Waals surface area contributed by atoms with Crippen LogP contribution < -0.4 is 26.2 Å². The number of nitrogens with zero attached hydrogens (tertiary/aromatic N) is 1. The molecule has 0 aromatic carbocycles. The molecule has 4 rings (SSSR count). The molecule has 9 nitrogen and oxygen atoms in total. The van der Waals surface area contributed by atoms with Crippen molar-refractivity contribution in [2.45, 2.75) is 177 Å². The van der Waals surface area contributed by atoms with Crippen molar-refractivity contribution in [3.05, 3.63) is 0 Å². The van der Waals surface area contributed by atoms with E-state index >= 15 is 0 Å². The highest BCUT2D eigenvalue weighted by molar-refractivity contribution is 8.00. The van der Waals surface area contributed by atoms with E-state index in [1.54, 1.807) is 0 Å². The number of carboxylic acids is 2. The number of aliphatic carboxylic acids is 2. The zero-order chi connectivity index (χ0) is 34.0. The summed E-state index contributed by atoms with van der Waals surface area (Å²) in [5, 5.41) is 33.7. The van der Waals surface area contributed by atoms with Gasteiger partial charge in [0.05, 0.1) is 61.2 Å². The maximum Gasteiger partial charge on any atom is 0.217 e. The Kier molecular flexibility index (Phi) is 17.1. The lowest BCUT2D eigenvalue weighted by atomic mass is 9.91. The van der Waals surface area contributed by atoms with Crippen LogP contribution in [-0.2, 0) is 14.4 Å². The van der Waals surface area contributed by atoms with Gasteiger partial charge < -0.3 is 35.7 Å². The van der Waals surface area contributed by atoms with Crippen LogP contribution in [0.25, 0.3) is 0 Å². The molecular weight excluding hydrogens is 564 g/mol. The third kappa shape index (κ3) is 17.3. The third-order valence-corrected chi connectivity index (χ3v) is 10.1. The number of rotatable bonds is 11. The lowest BCUT2D eigenvalue weighted by molar-refractivity contribution is -0.726. The molecule has 0 bridgehead atoms. The highest BCUT2D eigenvalue weighted by Gasteiger charge is 2.24. The summed E-state index contributed by atoms with van der Waals surface area (Å²) >= 11 is 0.118. The molecule has 43 heavy (non-hydrogen) atoms. The molecule has 1 amide bonds. The fourth-order valence-corrected chi connectivity index (χ4v) is 7.51. The number of hydrogen-bond donors (Lipinski definition) is 3. The van der Waals surface area contributed by atoms with E-state index in [9.17, 15) is 24.6 Å². The molecule has 4 aliphatic rings. The summed E-state index contributed by atoms with van der Waals surface area (Å²) in [7, 11) is 0. The number of nitriles is 1. The Morgan fingerprint density at radius 3 is 1.40 bits per heavy atom. The van der Waals surface area contributed by atoms with E-state index in [0.29, 0.717) is 0 Å². The van der Waals surface area contributed by atoms with Crippen molar-refractivity contribution in [3.8, 4) is 6.07 Å². The van der Waals surface area contributed by atoms with Gasteiger partial charge in [0.25, 0.3) is 0 Å². The van der Waals surface area contributed by atoms with Gasteiger partial charge in [0.1, 0.15) is 0 Å². The highest BCUT2D eigenvalue weighted by atomic mass is 32.2. The Morgan fingerprint density at radius 2 is 1.14 bits per heavy atom. The van der Waals surface area contributed by atoms with Crippen LogP contribution in [0.3, 0.4) is 0 Å². The van der Waals surface area contributed by atoms with Crippen LogP contribution >= 0.6 is 11.8 Å². The summed E-state index contributed by atoms with van der Waals surface area (Å²) in [5.74, 6) is -5.05. The van der Waals surface area contributed by atoms with Crippen molar-refractivity contribution in [1.82, 2.24) is 5.31 Å². The number of amides is 1. The number of quaternary nitrogens is 2. The number of hydrogen-bond acceptors (Lipinski definition) is 7. The summed E-state index contributed by atoms with van der Waals surface area (Å²) in [6, 6.07) is 2.39. The largest absolute Gasteiger partial charge is 0.549 e. The smallest absolute Gasteiger partial charge is 0.217 e. The number of carbonyl (C=O) groups excluding carboxylic acids is 3. The van der Waals surface area contributed by atoms with Crippen LogP contribution in [-0.4, -0.2) is 59.0 Å². The van der Waals surface area contributed by atoms with E-state index in [2.05, 4.69) is 10.6 Å². The molecule has 0 spiro atoms. The Morgan fingerprint density at radius 1 is 0.791 bits per heavy atom. The Balaban J connectivity index is 0.000000247. The monoisotopic (exact) mass is 625 g/mol. The maximum absolute atomic E-state index is 11.0. The first-order valence-electron chi connectivity index (χ1n) is 18.4. The molecule has 0 aromatic heterocycles. The number of nitrogens with two attached hydrogens (primary N) is 2. The van der Waals surface area contributed by atoms with E-state index in [1.807, 2.05) is 0 Å². The molecular formula is C33H58N4O5S. The average Bonchev–Trinajstić information content (AvgIpc) is 3.06. The van der Waals surface area contributed by atoms with Gasteiger partial charge in [-0.3, -0.25) is 4.79 Å². The molecule has 0 saturated heterocycles. The minimum Gasteiger partial charge on any atom is -0.549 e. The molecule has 0 radical (unpaired) electrons. The number of carbonyl (C=O) groups is 3. The fourth-order valence-electron chi connectivity index (χ4n) is 6.78. The summed E-state index contributed by atoms with van der Waals surface area (Å²) in [6.07, 6.45) is 29.3. The van der Waals surface area contributed by atoms with E-state index in [-0.39, 0.29) is 17.1 Å². The van der Waals surface area contributed by atoms with Gasteiger partial charge in [-0.1, -0.05) is 25.7 Å². The summed E-state index contributed by atoms with van der Waals surface area (Å²) in [6.45, 7) is 0.808. The zero-order valence-electron chi connectivity index (χ0n) is 29.3. The minimum atomic E-state index is -3.11. The highest BCUT2D eigenvalue weighted by Crippen LogP contribution is 2.20. The van der Waals surface area contributed by atoms with Gasteiger partial charge in [-0.15, -0.1) is 11.8 Å². The Bertz CT molecular complexity index is 886. The molecule has 3 atom stereocenters. The van der Waals surface area contributed by atoms with Crippen LogP contribution in [0.5, 0.6) is 0 Å². The Hall–Kier alpha value is -1.83. The number of carboxylic acid groups (broad SMARTS) is 2. The van der Waals surface area contributed by atoms with Crippen molar-refractivity contribution in [2.24, 2.45) is 0 Å². The van der Waals surface area contributed by atoms with Crippen LogP contribution in [0.2, 0.25) is 1.41 Å². The molecule has 5 N–H and O–H groups in total. The van der Waals surface area contributed by atoms with Crippen molar-refractivity contribution in [2.75, 3.05) is 5.73 Å². The lowest BCUT2D eigenvalue weighted by Crippen LogP contribution is -2.95. The van der Waals surface area contributed by atoms with Crippen molar-refractivity contribution < 1.29 is 39.4 Å². The molecule has 0 heterocycles. The van der Waals surface area contributed by atoms with E-state index in [0.717, 1.165) is 31.1 Å². The number of nitrogens with one attached hydrogen (secondary N) is 1. The topological polar surface area (TPSA) is 166 Å². The van der Waals surface area contributed by atoms with Crippen LogP contribution in [0.4, 0.5) is 0 Å². The first-order valence-corrected chi connectivity index (χ1v) is 17.8. The van der Waals surface area contributed by atoms with Gasteiger partial charge >= 0.3 is 0 Å². The average molecular weight is 626 g/mol. The molecule has 4 saturated carbocycles. The second-order valence-electron chi connectivity index (χ2n) is 12.7. The molecule has 2 unspecified atom stereocenters. The maximum atomic E-state index is 11.0. The van der Waals surface area contributed by atoms with E-state index in [1.165, 1.54) is 134 Å². The predicted molar refractivity (Wildman–Crippen MR) is 165 cm³/mol. The first kappa shape index (κ1) is 32.6. The van der Waals surface area contributed by atoms with Gasteiger partial charge in [0.2, 0.25) is 5.91 Å². The van der Waals surface area contributed by atoms with Crippen molar-refractivity contribution in [1.29, 1.82) is 5.26 Å². The van der Waals surface area contributed by atoms with Gasteiger partial charge in [-0.05, 0) is 103 Å². The van der Waals surface area contributed by atoms with Gasteiger partial charge in [0, 0.05) is 14.0 Å². The molecule has 246 valence electrons. The second-order valence-corrected chi connectivity index (χ2v) is 13.8. The van der Waals surface area contributed by atoms with E-state index in [4.69, 9.17) is 9.42 Å². The quantitative estimate of drug-likeness (QED) is 0.312. The minimum absolute atomic E-state index is 0.118. The van der Waals surface area contributed by atoms with Crippen LogP contribution in [0.15, 0.2) is 0 Å². The SMILES string of the molecule is C1CCC([NH2+]C2CCCCC2)CC1.C1CCC([NH2+]C2CCCCC2)CC1.[2H]C(SC(CC#N)C(=O)[O-])[C@@]([2H])(C(=O)[O-])N([2H])C(C)=O. The summed E-state index contributed by atoms with van der Waals surface area (Å²) in [4.78, 5) is 32.6. The molecule has 4 fully saturated rings. The van der Waals surface area contributed by atoms with Gasteiger partial charge in [-0.2, -0.15) is 5.26 Å². The normalized spacial score (nSPS) is 24.4. The molecule has 10 heteroatoms. The lowest BCUT2D eigenvalue weighted by Gasteiger charge is -2.27. The summed E-state index contributed by atoms with van der Waals surface area (Å²) in [5.41, 5.74) is -2.08. The molecule has 0 aromatic rings. The molecule has 4 aliphatic carbocycles. The standard InChI is InChI=1S/2C12H23N.C9H12N2O5S/c2*1-3-7-11(8-4-1)13-12-9-5-2-6-10-12;1-5(12)11-6(8(13)14)4-17-7(2-3-10)9(15)16/h2*11-13H,1-10H2;6-7H,2,4H2,1H3,(H,11,12)(H,13,14)(H,15,16)/t;;6-,7?/m..0/s1/i;;4D,6D/hD/t;;4?,6-,7?. The third-order valence-electron chi connectivity index (χ3n) is 9.06. The van der Waals surface area contributed by atoms with Crippen LogP contribution in [0.1, 0.15) is 145 Å². The van der Waals surface area contributed by atoms with Gasteiger partial charge in [0.15, 0.2) is 1.41 Å². The van der Waals surface area contributed by atoms with Crippen LogP contribution in [0, 0.1) is 11.3 Å². The van der Waals surface area contributed by atoms with Crippen molar-refractivity contribution >= 4 is 29.6 Å². The summed E-state index contributed by atoms with van der Waals surface area (Å²) < 4.78 is 22.3. The van der Waals surface area contributed by atoms with Crippen molar-refractivity contribution in [3.63, 3.8) is 0 Å². The Labute approximate surface area is 268 Å². The first-order chi connectivity index (χ1) is 22.0. The fraction of sp³-hybridized carbons (Fsp3) is 0.879. The second kappa shape index (κ2) is 22.6. The van der Waals surface area contributed by atoms with E-state index < -0.39 is 41.3 Å². The molecule has 0 aliphatic heterocycles. The van der Waals surface area contributed by atoms with Gasteiger partial charge in [-0.25, -0.2) is 0 Å².